The van der Waals surface area contributed by atoms with Gasteiger partial charge in [-0.3, -0.25) is 4.79 Å². The number of sulfonamides is 1. The van der Waals surface area contributed by atoms with Crippen molar-refractivity contribution >= 4 is 21.6 Å². The van der Waals surface area contributed by atoms with Crippen LogP contribution in [0.5, 0.6) is 0 Å². The number of hydrogen-bond acceptors (Lipinski definition) is 4. The second kappa shape index (κ2) is 9.55. The van der Waals surface area contributed by atoms with Crippen LogP contribution in [0, 0.1) is 13.8 Å². The highest BCUT2D eigenvalue weighted by Gasteiger charge is 2.24. The van der Waals surface area contributed by atoms with Crippen LogP contribution in [0.15, 0.2) is 18.2 Å². The number of amides is 1. The van der Waals surface area contributed by atoms with E-state index in [0.29, 0.717) is 19.6 Å². The zero-order valence-electron chi connectivity index (χ0n) is 17.1. The van der Waals surface area contributed by atoms with E-state index in [2.05, 4.69) is 36.9 Å². The molecule has 1 aliphatic heterocycles. The van der Waals surface area contributed by atoms with Gasteiger partial charge in [0.1, 0.15) is 0 Å². The molecule has 1 amide bonds. The summed E-state index contributed by atoms with van der Waals surface area (Å²) in [5.41, 5.74) is 3.81. The Hall–Kier alpha value is -1.60. The van der Waals surface area contributed by atoms with Crippen LogP contribution in [0.3, 0.4) is 0 Å². The van der Waals surface area contributed by atoms with Gasteiger partial charge in [0, 0.05) is 51.4 Å². The van der Waals surface area contributed by atoms with Crippen LogP contribution < -0.4 is 4.90 Å². The number of carbonyl (C=O) groups excluding carboxylic acids is 1. The van der Waals surface area contributed by atoms with Crippen molar-refractivity contribution < 1.29 is 13.2 Å². The van der Waals surface area contributed by atoms with Gasteiger partial charge in [0.25, 0.3) is 0 Å². The Bertz CT molecular complexity index is 741. The van der Waals surface area contributed by atoms with Crippen molar-refractivity contribution in [2.24, 2.45) is 0 Å². The van der Waals surface area contributed by atoms with Gasteiger partial charge in [-0.1, -0.05) is 25.5 Å². The number of hydrogen-bond donors (Lipinski definition) is 0. The van der Waals surface area contributed by atoms with Gasteiger partial charge in [-0.05, 0) is 37.5 Å². The summed E-state index contributed by atoms with van der Waals surface area (Å²) < 4.78 is 25.2. The third-order valence-electron chi connectivity index (χ3n) is 5.35. The Balaban J connectivity index is 1.88. The lowest BCUT2D eigenvalue weighted by atomic mass is 10.1. The highest BCUT2D eigenvalue weighted by molar-refractivity contribution is 7.88. The third kappa shape index (κ3) is 5.94. The highest BCUT2D eigenvalue weighted by atomic mass is 32.2. The van der Waals surface area contributed by atoms with Gasteiger partial charge in [-0.2, -0.15) is 0 Å². The number of rotatable bonds is 8. The number of aryl methyl sites for hydroxylation is 1. The van der Waals surface area contributed by atoms with Crippen molar-refractivity contribution in [2.75, 3.05) is 50.4 Å². The lowest BCUT2D eigenvalue weighted by molar-refractivity contribution is -0.131. The predicted molar refractivity (Wildman–Crippen MR) is 111 cm³/mol. The molecule has 0 atom stereocenters. The minimum absolute atomic E-state index is 0.0424. The van der Waals surface area contributed by atoms with Crippen molar-refractivity contribution in [3.8, 4) is 0 Å². The fourth-order valence-electron chi connectivity index (χ4n) is 3.43. The summed E-state index contributed by atoms with van der Waals surface area (Å²) in [5, 5.41) is 0. The van der Waals surface area contributed by atoms with Crippen LogP contribution in [0.4, 0.5) is 5.69 Å². The molecule has 0 saturated carbocycles. The first-order chi connectivity index (χ1) is 12.7. The average Bonchev–Trinajstić information content (AvgIpc) is 2.63. The second-order valence-electron chi connectivity index (χ2n) is 7.35. The molecule has 1 fully saturated rings. The maximum atomic E-state index is 12.6. The van der Waals surface area contributed by atoms with E-state index in [-0.39, 0.29) is 18.9 Å². The van der Waals surface area contributed by atoms with Crippen molar-refractivity contribution in [3.63, 3.8) is 0 Å². The lowest BCUT2D eigenvalue weighted by Gasteiger charge is -2.37. The van der Waals surface area contributed by atoms with Crippen LogP contribution in [-0.2, 0) is 14.8 Å². The van der Waals surface area contributed by atoms with Gasteiger partial charge >= 0.3 is 0 Å². The standard InChI is InChI=1S/C20H33N3O3S/c1-5-6-11-23(27(4,25)26)12-10-20(24)22-15-13-21(14-16-22)19-9-7-8-17(2)18(19)3/h7-9H,5-6,10-16H2,1-4H3. The van der Waals surface area contributed by atoms with Gasteiger partial charge in [-0.15, -0.1) is 0 Å². The Kier molecular flexibility index (Phi) is 7.68. The molecule has 7 heteroatoms. The maximum absolute atomic E-state index is 12.6. The molecular formula is C20H33N3O3S. The van der Waals surface area contributed by atoms with Crippen molar-refractivity contribution in [3.05, 3.63) is 29.3 Å². The molecule has 0 spiro atoms. The van der Waals surface area contributed by atoms with E-state index >= 15 is 0 Å². The van der Waals surface area contributed by atoms with E-state index in [1.165, 1.54) is 27.4 Å². The number of benzene rings is 1. The first kappa shape index (κ1) is 21.7. The van der Waals surface area contributed by atoms with Gasteiger partial charge in [0.05, 0.1) is 6.26 Å². The van der Waals surface area contributed by atoms with Crippen LogP contribution in [-0.4, -0.2) is 69.1 Å². The minimum atomic E-state index is -3.26. The fourth-order valence-corrected chi connectivity index (χ4v) is 4.31. The van der Waals surface area contributed by atoms with E-state index in [0.717, 1.165) is 25.9 Å². The number of piperazine rings is 1. The molecule has 0 unspecified atom stereocenters. The number of anilines is 1. The summed E-state index contributed by atoms with van der Waals surface area (Å²) in [5.74, 6) is 0.0424. The Morgan fingerprint density at radius 2 is 1.78 bits per heavy atom. The molecule has 6 nitrogen and oxygen atoms in total. The van der Waals surface area contributed by atoms with Crippen molar-refractivity contribution in [1.29, 1.82) is 0 Å². The second-order valence-corrected chi connectivity index (χ2v) is 9.33. The van der Waals surface area contributed by atoms with E-state index in [4.69, 9.17) is 0 Å². The smallest absolute Gasteiger partial charge is 0.224 e. The lowest BCUT2D eigenvalue weighted by Crippen LogP contribution is -2.49. The van der Waals surface area contributed by atoms with Gasteiger partial charge in [0.2, 0.25) is 15.9 Å². The first-order valence-corrected chi connectivity index (χ1v) is 11.6. The Labute approximate surface area is 164 Å². The Morgan fingerprint density at radius 3 is 2.37 bits per heavy atom. The molecule has 0 radical (unpaired) electrons. The summed E-state index contributed by atoms with van der Waals surface area (Å²) >= 11 is 0. The monoisotopic (exact) mass is 395 g/mol. The largest absolute Gasteiger partial charge is 0.368 e. The summed E-state index contributed by atoms with van der Waals surface area (Å²) in [6.07, 6.45) is 3.21. The van der Waals surface area contributed by atoms with Crippen LogP contribution in [0.1, 0.15) is 37.3 Å². The molecular weight excluding hydrogens is 362 g/mol. The SMILES string of the molecule is CCCCN(CCC(=O)N1CCN(c2cccc(C)c2C)CC1)S(C)(=O)=O. The molecule has 1 saturated heterocycles. The summed E-state index contributed by atoms with van der Waals surface area (Å²) in [7, 11) is -3.26. The summed E-state index contributed by atoms with van der Waals surface area (Å²) in [6, 6.07) is 6.33. The quantitative estimate of drug-likeness (QED) is 0.678. The third-order valence-corrected chi connectivity index (χ3v) is 6.66. The summed E-state index contributed by atoms with van der Waals surface area (Å²) in [4.78, 5) is 16.7. The molecule has 1 aliphatic rings. The molecule has 152 valence electrons. The van der Waals surface area contributed by atoms with Gasteiger partial charge in [0.15, 0.2) is 0 Å². The predicted octanol–water partition coefficient (Wildman–Crippen LogP) is 2.40. The van der Waals surface area contributed by atoms with Crippen LogP contribution in [0.25, 0.3) is 0 Å². The first-order valence-electron chi connectivity index (χ1n) is 9.78. The van der Waals surface area contributed by atoms with Crippen LogP contribution >= 0.6 is 0 Å². The van der Waals surface area contributed by atoms with E-state index in [1.807, 2.05) is 11.8 Å². The molecule has 2 rings (SSSR count). The summed E-state index contributed by atoms with van der Waals surface area (Å²) in [6.45, 7) is 10.0. The number of unbranched alkanes of at least 4 members (excludes halogenated alkanes) is 1. The van der Waals surface area contributed by atoms with E-state index < -0.39 is 10.0 Å². The molecule has 1 aromatic rings. The zero-order valence-corrected chi connectivity index (χ0v) is 17.9. The molecule has 27 heavy (non-hydrogen) atoms. The van der Waals surface area contributed by atoms with Gasteiger partial charge < -0.3 is 9.80 Å². The maximum Gasteiger partial charge on any atom is 0.224 e. The van der Waals surface area contributed by atoms with Crippen molar-refractivity contribution in [2.45, 2.75) is 40.0 Å². The minimum Gasteiger partial charge on any atom is -0.368 e. The fraction of sp³-hybridized carbons (Fsp3) is 0.650. The Morgan fingerprint density at radius 1 is 1.11 bits per heavy atom. The highest BCUT2D eigenvalue weighted by Crippen LogP contribution is 2.24. The molecule has 0 bridgehead atoms. The van der Waals surface area contributed by atoms with Gasteiger partial charge in [-0.25, -0.2) is 12.7 Å². The molecule has 0 aliphatic carbocycles. The van der Waals surface area contributed by atoms with E-state index in [9.17, 15) is 13.2 Å². The van der Waals surface area contributed by atoms with E-state index in [1.54, 1.807) is 0 Å². The van der Waals surface area contributed by atoms with Crippen LogP contribution in [0.2, 0.25) is 0 Å². The molecule has 1 heterocycles. The molecule has 1 aromatic carbocycles. The topological polar surface area (TPSA) is 60.9 Å². The number of nitrogens with zero attached hydrogens (tertiary/aromatic N) is 3. The normalized spacial score (nSPS) is 15.4. The number of carbonyl (C=O) groups is 1. The molecule has 0 N–H and O–H groups in total. The molecule has 0 aromatic heterocycles. The average molecular weight is 396 g/mol. The van der Waals surface area contributed by atoms with Crippen molar-refractivity contribution in [1.82, 2.24) is 9.21 Å². The zero-order chi connectivity index (χ0) is 20.0.